The molecule has 0 saturated carbocycles. The molecule has 0 bridgehead atoms. The average Bonchev–Trinajstić information content (AvgIpc) is 2.56. The number of rotatable bonds is 6. The van der Waals surface area contributed by atoms with Crippen LogP contribution in [0.2, 0.25) is 0 Å². The number of nitrogens with one attached hydrogen (secondary N) is 1. The van der Waals surface area contributed by atoms with Crippen LogP contribution < -0.4 is 15.8 Å². The highest BCUT2D eigenvalue weighted by atomic mass is 16.5. The Morgan fingerprint density at radius 1 is 1.30 bits per heavy atom. The van der Waals surface area contributed by atoms with Gasteiger partial charge in [-0.3, -0.25) is 4.79 Å². The summed E-state index contributed by atoms with van der Waals surface area (Å²) >= 11 is 0. The molecule has 5 nitrogen and oxygen atoms in total. The summed E-state index contributed by atoms with van der Waals surface area (Å²) in [4.78, 5) is 16.1. The van der Waals surface area contributed by atoms with Gasteiger partial charge in [-0.05, 0) is 36.1 Å². The maximum atomic E-state index is 11.9. The van der Waals surface area contributed by atoms with Crippen LogP contribution in [-0.4, -0.2) is 16.9 Å². The molecule has 3 N–H and O–H groups in total. The second kappa shape index (κ2) is 7.74. The van der Waals surface area contributed by atoms with Gasteiger partial charge in [0.1, 0.15) is 5.75 Å². The zero-order valence-electron chi connectivity index (χ0n) is 13.7. The zero-order chi connectivity index (χ0) is 16.8. The normalized spacial score (nSPS) is 12.0. The summed E-state index contributed by atoms with van der Waals surface area (Å²) in [6.45, 7) is 5.91. The fourth-order valence-electron chi connectivity index (χ4n) is 1.99. The largest absolute Gasteiger partial charge is 0.439 e. The van der Waals surface area contributed by atoms with Crippen LogP contribution in [0, 0.1) is 5.92 Å². The standard InChI is InChI=1S/C18H23N3O2/c1-4-13-6-5-7-15(10-13)23-16-9-8-14(11-20-16)21-18(22)17(19)12(2)3/h5-12,17H,4,19H2,1-3H3,(H,21,22)/t17-/m0/s1. The van der Waals surface area contributed by atoms with Crippen molar-refractivity contribution in [2.45, 2.75) is 33.2 Å². The van der Waals surface area contributed by atoms with E-state index in [9.17, 15) is 4.79 Å². The number of nitrogens with zero attached hydrogens (tertiary/aromatic N) is 1. The molecule has 1 amide bonds. The lowest BCUT2D eigenvalue weighted by Gasteiger charge is -2.15. The van der Waals surface area contributed by atoms with Gasteiger partial charge in [-0.25, -0.2) is 4.98 Å². The monoisotopic (exact) mass is 313 g/mol. The summed E-state index contributed by atoms with van der Waals surface area (Å²) in [5.74, 6) is 1.09. The van der Waals surface area contributed by atoms with E-state index in [0.29, 0.717) is 11.6 Å². The third-order valence-corrected chi connectivity index (χ3v) is 3.55. The first-order chi connectivity index (χ1) is 11.0. The van der Waals surface area contributed by atoms with Crippen molar-refractivity contribution in [3.8, 4) is 11.6 Å². The van der Waals surface area contributed by atoms with Crippen molar-refractivity contribution < 1.29 is 9.53 Å². The molecule has 5 heteroatoms. The zero-order valence-corrected chi connectivity index (χ0v) is 13.7. The minimum atomic E-state index is -0.539. The first kappa shape index (κ1) is 17.0. The van der Waals surface area contributed by atoms with Gasteiger partial charge in [-0.1, -0.05) is 32.9 Å². The van der Waals surface area contributed by atoms with Crippen molar-refractivity contribution in [1.82, 2.24) is 4.98 Å². The van der Waals surface area contributed by atoms with Crippen LogP contribution in [0.3, 0.4) is 0 Å². The van der Waals surface area contributed by atoms with E-state index in [2.05, 4.69) is 23.3 Å². The Morgan fingerprint density at radius 2 is 2.09 bits per heavy atom. The van der Waals surface area contributed by atoms with Gasteiger partial charge < -0.3 is 15.8 Å². The smallest absolute Gasteiger partial charge is 0.241 e. The predicted octanol–water partition coefficient (Wildman–Crippen LogP) is 3.36. The molecule has 1 heterocycles. The Balaban J connectivity index is 2.00. The lowest BCUT2D eigenvalue weighted by molar-refractivity contribution is -0.118. The van der Waals surface area contributed by atoms with Gasteiger partial charge in [0.2, 0.25) is 11.8 Å². The minimum absolute atomic E-state index is 0.0800. The van der Waals surface area contributed by atoms with Crippen LogP contribution in [0.25, 0.3) is 0 Å². The summed E-state index contributed by atoms with van der Waals surface area (Å²) in [7, 11) is 0. The summed E-state index contributed by atoms with van der Waals surface area (Å²) in [6, 6.07) is 10.8. The SMILES string of the molecule is CCc1cccc(Oc2ccc(NC(=O)[C@@H](N)C(C)C)cn2)c1. The summed E-state index contributed by atoms with van der Waals surface area (Å²) in [6.07, 6.45) is 2.51. The van der Waals surface area contributed by atoms with Crippen LogP contribution in [-0.2, 0) is 11.2 Å². The molecule has 0 saturated heterocycles. The van der Waals surface area contributed by atoms with Crippen LogP contribution in [0.5, 0.6) is 11.6 Å². The highest BCUT2D eigenvalue weighted by Gasteiger charge is 2.17. The average molecular weight is 313 g/mol. The van der Waals surface area contributed by atoms with E-state index in [1.807, 2.05) is 32.0 Å². The first-order valence-electron chi connectivity index (χ1n) is 7.79. The van der Waals surface area contributed by atoms with E-state index in [4.69, 9.17) is 10.5 Å². The maximum absolute atomic E-state index is 11.9. The molecule has 2 rings (SSSR count). The molecular weight excluding hydrogens is 290 g/mol. The van der Waals surface area contributed by atoms with E-state index >= 15 is 0 Å². The second-order valence-electron chi connectivity index (χ2n) is 5.75. The lowest BCUT2D eigenvalue weighted by Crippen LogP contribution is -2.39. The molecule has 23 heavy (non-hydrogen) atoms. The Bertz CT molecular complexity index is 654. The fraction of sp³-hybridized carbons (Fsp3) is 0.333. The molecule has 0 aliphatic carbocycles. The fourth-order valence-corrected chi connectivity index (χ4v) is 1.99. The van der Waals surface area contributed by atoms with Gasteiger partial charge in [0, 0.05) is 6.07 Å². The number of carbonyl (C=O) groups excluding carboxylic acids is 1. The van der Waals surface area contributed by atoms with Gasteiger partial charge in [-0.15, -0.1) is 0 Å². The minimum Gasteiger partial charge on any atom is -0.439 e. The van der Waals surface area contributed by atoms with Crippen LogP contribution >= 0.6 is 0 Å². The highest BCUT2D eigenvalue weighted by Crippen LogP contribution is 2.21. The van der Waals surface area contributed by atoms with E-state index in [1.54, 1.807) is 18.3 Å². The number of aromatic nitrogens is 1. The Labute approximate surface area is 136 Å². The Morgan fingerprint density at radius 3 is 2.70 bits per heavy atom. The second-order valence-corrected chi connectivity index (χ2v) is 5.75. The quantitative estimate of drug-likeness (QED) is 0.857. The predicted molar refractivity (Wildman–Crippen MR) is 91.6 cm³/mol. The van der Waals surface area contributed by atoms with Crippen LogP contribution in [0.15, 0.2) is 42.6 Å². The summed E-state index contributed by atoms with van der Waals surface area (Å²) in [5.41, 5.74) is 7.61. The molecular formula is C18H23N3O2. The van der Waals surface area contributed by atoms with Gasteiger partial charge in [-0.2, -0.15) is 0 Å². The molecule has 1 aromatic heterocycles. The maximum Gasteiger partial charge on any atom is 0.241 e. The van der Waals surface area contributed by atoms with Gasteiger partial charge >= 0.3 is 0 Å². The van der Waals surface area contributed by atoms with Gasteiger partial charge in [0.15, 0.2) is 0 Å². The summed E-state index contributed by atoms with van der Waals surface area (Å²) < 4.78 is 5.72. The number of amides is 1. The molecule has 122 valence electrons. The Hall–Kier alpha value is -2.40. The molecule has 2 aromatic rings. The van der Waals surface area contributed by atoms with Crippen molar-refractivity contribution in [1.29, 1.82) is 0 Å². The highest BCUT2D eigenvalue weighted by molar-refractivity contribution is 5.94. The molecule has 1 aromatic carbocycles. The van der Waals surface area contributed by atoms with Gasteiger partial charge in [0.25, 0.3) is 0 Å². The van der Waals surface area contributed by atoms with Crippen molar-refractivity contribution in [2.24, 2.45) is 11.7 Å². The third-order valence-electron chi connectivity index (χ3n) is 3.55. The van der Waals surface area contributed by atoms with Crippen molar-refractivity contribution >= 4 is 11.6 Å². The number of aryl methyl sites for hydroxylation is 1. The molecule has 0 spiro atoms. The number of pyridine rings is 1. The number of benzene rings is 1. The molecule has 0 aliphatic rings. The number of hydrogen-bond donors (Lipinski definition) is 2. The van der Waals surface area contributed by atoms with Crippen molar-refractivity contribution in [2.75, 3.05) is 5.32 Å². The Kier molecular flexibility index (Phi) is 5.71. The molecule has 0 aliphatic heterocycles. The molecule has 1 atom stereocenters. The number of anilines is 1. The molecule has 0 fully saturated rings. The number of carbonyl (C=O) groups is 1. The third kappa shape index (κ3) is 4.79. The molecule has 0 radical (unpaired) electrons. The van der Waals surface area contributed by atoms with Crippen molar-refractivity contribution in [3.63, 3.8) is 0 Å². The number of hydrogen-bond acceptors (Lipinski definition) is 4. The van der Waals surface area contributed by atoms with E-state index in [1.165, 1.54) is 5.56 Å². The molecule has 0 unspecified atom stereocenters. The first-order valence-corrected chi connectivity index (χ1v) is 7.79. The van der Waals surface area contributed by atoms with Crippen LogP contribution in [0.4, 0.5) is 5.69 Å². The summed E-state index contributed by atoms with van der Waals surface area (Å²) in [5, 5.41) is 2.75. The topological polar surface area (TPSA) is 77.2 Å². The number of ether oxygens (including phenoxy) is 1. The van der Waals surface area contributed by atoms with Crippen LogP contribution in [0.1, 0.15) is 26.3 Å². The van der Waals surface area contributed by atoms with Gasteiger partial charge in [0.05, 0.1) is 17.9 Å². The van der Waals surface area contributed by atoms with E-state index < -0.39 is 6.04 Å². The number of nitrogens with two attached hydrogens (primary N) is 1. The van der Waals surface area contributed by atoms with E-state index in [0.717, 1.165) is 12.2 Å². The lowest BCUT2D eigenvalue weighted by atomic mass is 10.1. The van der Waals surface area contributed by atoms with Crippen molar-refractivity contribution in [3.05, 3.63) is 48.2 Å². The van der Waals surface area contributed by atoms with E-state index in [-0.39, 0.29) is 11.8 Å².